The molecule has 0 spiro atoms. The summed E-state index contributed by atoms with van der Waals surface area (Å²) in [6, 6.07) is 37.4. The third-order valence-electron chi connectivity index (χ3n) is 7.11. The van der Waals surface area contributed by atoms with Crippen molar-refractivity contribution in [2.45, 2.75) is 13.3 Å². The Morgan fingerprint density at radius 3 is 2.15 bits per heavy atom. The number of aromatic nitrogens is 3. The van der Waals surface area contributed by atoms with Gasteiger partial charge in [0.2, 0.25) is 0 Å². The second-order valence-electron chi connectivity index (χ2n) is 9.53. The standard InChI is InChI=1S/C34H22N4S/c1-2-21-13-15-23(16-14-21)32-36-33(26-10-5-7-22(17-26)20-35)38-34(37-32)28-12-6-11-27-29-18-24-8-3-4-9-25(24)19-30(29)39-31(27)28/h3-19H,2H2,1H3. The quantitative estimate of drug-likeness (QED) is 0.233. The van der Waals surface area contributed by atoms with Crippen LogP contribution >= 0.6 is 11.3 Å². The molecule has 0 atom stereocenters. The number of fused-ring (bicyclic) bond motifs is 4. The molecule has 39 heavy (non-hydrogen) atoms. The Hall–Kier alpha value is -4.92. The molecule has 7 rings (SSSR count). The molecule has 0 aliphatic rings. The molecule has 184 valence electrons. The number of nitrogens with zero attached hydrogens (tertiary/aromatic N) is 4. The lowest BCUT2D eigenvalue weighted by atomic mass is 10.0. The maximum atomic E-state index is 9.48. The summed E-state index contributed by atoms with van der Waals surface area (Å²) < 4.78 is 2.39. The van der Waals surface area contributed by atoms with E-state index >= 15 is 0 Å². The van der Waals surface area contributed by atoms with Crippen LogP contribution in [0, 0.1) is 11.3 Å². The molecule has 0 aliphatic carbocycles. The molecule has 5 aromatic carbocycles. The first kappa shape index (κ1) is 23.2. The lowest BCUT2D eigenvalue weighted by Gasteiger charge is -2.09. The lowest BCUT2D eigenvalue weighted by molar-refractivity contribution is 1.07. The number of aryl methyl sites for hydroxylation is 1. The average molecular weight is 519 g/mol. The molecule has 0 aliphatic heterocycles. The largest absolute Gasteiger partial charge is 0.208 e. The van der Waals surface area contributed by atoms with Gasteiger partial charge in [-0.1, -0.05) is 79.7 Å². The van der Waals surface area contributed by atoms with Crippen LogP contribution in [-0.2, 0) is 6.42 Å². The van der Waals surface area contributed by atoms with E-state index in [2.05, 4.69) is 91.9 Å². The SMILES string of the molecule is CCc1ccc(-c2nc(-c3cccc(C#N)c3)nc(-c3cccc4c3sc3cc5ccccc5cc34)n2)cc1. The van der Waals surface area contributed by atoms with Gasteiger partial charge in [0, 0.05) is 36.9 Å². The van der Waals surface area contributed by atoms with Crippen molar-refractivity contribution in [2.24, 2.45) is 0 Å². The van der Waals surface area contributed by atoms with Crippen LogP contribution in [0.5, 0.6) is 0 Å². The fourth-order valence-corrected chi connectivity index (χ4v) is 6.27. The first-order valence-corrected chi connectivity index (χ1v) is 13.7. The molecule has 0 fully saturated rings. The molecule has 0 radical (unpaired) electrons. The minimum absolute atomic E-state index is 0.551. The zero-order valence-electron chi connectivity index (χ0n) is 21.2. The van der Waals surface area contributed by atoms with Gasteiger partial charge in [0.15, 0.2) is 17.5 Å². The van der Waals surface area contributed by atoms with Gasteiger partial charge >= 0.3 is 0 Å². The van der Waals surface area contributed by atoms with Gasteiger partial charge in [-0.3, -0.25) is 0 Å². The average Bonchev–Trinajstić information content (AvgIpc) is 3.37. The van der Waals surface area contributed by atoms with Crippen molar-refractivity contribution in [3.8, 4) is 40.2 Å². The highest BCUT2D eigenvalue weighted by atomic mass is 32.1. The van der Waals surface area contributed by atoms with E-state index in [-0.39, 0.29) is 0 Å². The molecule has 4 nitrogen and oxygen atoms in total. The molecule has 0 bridgehead atoms. The van der Waals surface area contributed by atoms with Crippen LogP contribution in [0.25, 0.3) is 65.1 Å². The van der Waals surface area contributed by atoms with Gasteiger partial charge in [-0.25, -0.2) is 15.0 Å². The highest BCUT2D eigenvalue weighted by Crippen LogP contribution is 2.41. The van der Waals surface area contributed by atoms with Crippen molar-refractivity contribution in [2.75, 3.05) is 0 Å². The van der Waals surface area contributed by atoms with E-state index < -0.39 is 0 Å². The fraction of sp³-hybridized carbons (Fsp3) is 0.0588. The van der Waals surface area contributed by atoms with Gasteiger partial charge in [0.05, 0.1) is 11.6 Å². The minimum atomic E-state index is 0.551. The number of hydrogen-bond acceptors (Lipinski definition) is 5. The molecule has 2 heterocycles. The van der Waals surface area contributed by atoms with Crippen LogP contribution in [-0.4, -0.2) is 15.0 Å². The zero-order chi connectivity index (χ0) is 26.3. The fourth-order valence-electron chi connectivity index (χ4n) is 5.03. The van der Waals surface area contributed by atoms with Crippen LogP contribution in [0.3, 0.4) is 0 Å². The van der Waals surface area contributed by atoms with Crippen LogP contribution < -0.4 is 0 Å². The summed E-state index contributed by atoms with van der Waals surface area (Å²) in [7, 11) is 0. The van der Waals surface area contributed by atoms with Crippen molar-refractivity contribution < 1.29 is 0 Å². The second kappa shape index (κ2) is 9.43. The Balaban J connectivity index is 1.47. The van der Waals surface area contributed by atoms with E-state index in [9.17, 15) is 5.26 Å². The van der Waals surface area contributed by atoms with Crippen molar-refractivity contribution in [3.63, 3.8) is 0 Å². The molecule has 5 heteroatoms. The number of thiophene rings is 1. The monoisotopic (exact) mass is 518 g/mol. The predicted molar refractivity (Wildman–Crippen MR) is 161 cm³/mol. The molecule has 2 aromatic heterocycles. The maximum Gasteiger partial charge on any atom is 0.165 e. The summed E-state index contributed by atoms with van der Waals surface area (Å²) >= 11 is 1.77. The van der Waals surface area contributed by atoms with Gasteiger partial charge in [-0.15, -0.1) is 11.3 Å². The van der Waals surface area contributed by atoms with Gasteiger partial charge in [-0.2, -0.15) is 5.26 Å². The Labute approximate surface area is 229 Å². The van der Waals surface area contributed by atoms with Crippen LogP contribution in [0.2, 0.25) is 0 Å². The third kappa shape index (κ3) is 4.12. The van der Waals surface area contributed by atoms with Gasteiger partial charge in [0.1, 0.15) is 0 Å². The van der Waals surface area contributed by atoms with Crippen LogP contribution in [0.1, 0.15) is 18.1 Å². The van der Waals surface area contributed by atoms with Gasteiger partial charge < -0.3 is 0 Å². The topological polar surface area (TPSA) is 62.5 Å². The molecule has 0 saturated heterocycles. The Morgan fingerprint density at radius 2 is 1.38 bits per heavy atom. The zero-order valence-corrected chi connectivity index (χ0v) is 22.0. The van der Waals surface area contributed by atoms with E-state index in [0.717, 1.165) is 27.8 Å². The van der Waals surface area contributed by atoms with Crippen LogP contribution in [0.4, 0.5) is 0 Å². The van der Waals surface area contributed by atoms with Crippen LogP contribution in [0.15, 0.2) is 103 Å². The third-order valence-corrected chi connectivity index (χ3v) is 8.31. The molecule has 0 N–H and O–H groups in total. The normalized spacial score (nSPS) is 11.3. The van der Waals surface area contributed by atoms with E-state index in [1.54, 1.807) is 17.4 Å². The highest BCUT2D eigenvalue weighted by Gasteiger charge is 2.17. The molecular formula is C34H22N4S. The number of hydrogen-bond donors (Lipinski definition) is 0. The van der Waals surface area contributed by atoms with Crippen molar-refractivity contribution in [1.82, 2.24) is 15.0 Å². The molecule has 0 saturated carbocycles. The molecule has 0 amide bonds. The van der Waals surface area contributed by atoms with Crippen molar-refractivity contribution in [1.29, 1.82) is 5.26 Å². The molecule has 0 unspecified atom stereocenters. The Bertz CT molecular complexity index is 2070. The summed E-state index contributed by atoms with van der Waals surface area (Å²) in [6.07, 6.45) is 0.970. The number of rotatable bonds is 4. The lowest BCUT2D eigenvalue weighted by Crippen LogP contribution is -2.00. The van der Waals surface area contributed by atoms with E-state index in [0.29, 0.717) is 23.0 Å². The maximum absolute atomic E-state index is 9.48. The first-order chi connectivity index (χ1) is 19.2. The van der Waals surface area contributed by atoms with Crippen molar-refractivity contribution in [3.05, 3.63) is 114 Å². The minimum Gasteiger partial charge on any atom is -0.208 e. The van der Waals surface area contributed by atoms with Gasteiger partial charge in [0.25, 0.3) is 0 Å². The molecule has 7 aromatic rings. The van der Waals surface area contributed by atoms with Crippen molar-refractivity contribution >= 4 is 42.3 Å². The smallest absolute Gasteiger partial charge is 0.165 e. The Morgan fingerprint density at radius 1 is 0.667 bits per heavy atom. The highest BCUT2D eigenvalue weighted by molar-refractivity contribution is 7.26. The number of benzene rings is 5. The molecular weight excluding hydrogens is 496 g/mol. The summed E-state index contributed by atoms with van der Waals surface area (Å²) in [5, 5.41) is 14.4. The second-order valence-corrected chi connectivity index (χ2v) is 10.6. The summed E-state index contributed by atoms with van der Waals surface area (Å²) in [5.41, 5.74) is 4.53. The van der Waals surface area contributed by atoms with E-state index in [1.807, 2.05) is 18.2 Å². The summed E-state index contributed by atoms with van der Waals surface area (Å²) in [4.78, 5) is 14.8. The Kier molecular flexibility index (Phi) is 5.61. The summed E-state index contributed by atoms with van der Waals surface area (Å²) in [5.74, 6) is 1.79. The predicted octanol–water partition coefficient (Wildman–Crippen LogP) is 8.83. The van der Waals surface area contributed by atoms with E-state index in [4.69, 9.17) is 15.0 Å². The summed E-state index contributed by atoms with van der Waals surface area (Å²) in [6.45, 7) is 2.14. The van der Waals surface area contributed by atoms with Gasteiger partial charge in [-0.05, 0) is 53.1 Å². The first-order valence-electron chi connectivity index (χ1n) is 12.9. The van der Waals surface area contributed by atoms with E-state index in [1.165, 1.54) is 31.8 Å². The number of nitriles is 1.